The summed E-state index contributed by atoms with van der Waals surface area (Å²) in [5.74, 6) is 0.637. The molecule has 9 heteroatoms. The highest BCUT2D eigenvalue weighted by atomic mass is 32.2. The number of thioether (sulfide) groups is 1. The van der Waals surface area contributed by atoms with Gasteiger partial charge in [0.25, 0.3) is 0 Å². The summed E-state index contributed by atoms with van der Waals surface area (Å²) >= 11 is 0.245. The Bertz CT molecular complexity index is 1830. The third-order valence-corrected chi connectivity index (χ3v) is 7.36. The highest BCUT2D eigenvalue weighted by Gasteiger charge is 2.22. The van der Waals surface area contributed by atoms with Crippen LogP contribution in [-0.4, -0.2) is 39.6 Å². The lowest BCUT2D eigenvalue weighted by Crippen LogP contribution is -2.08. The Morgan fingerprint density at radius 1 is 1.14 bits per heavy atom. The van der Waals surface area contributed by atoms with E-state index in [2.05, 4.69) is 15.2 Å². The Labute approximate surface area is 228 Å². The van der Waals surface area contributed by atoms with Crippen molar-refractivity contribution in [2.24, 2.45) is 0 Å². The predicted molar refractivity (Wildman–Crippen MR) is 141 cm³/mol. The van der Waals surface area contributed by atoms with E-state index in [1.54, 1.807) is 48.5 Å². The van der Waals surface area contributed by atoms with Crippen LogP contribution in [0.15, 0.2) is 77.0 Å². The maximum atomic E-state index is 11.8. The van der Waals surface area contributed by atoms with Crippen LogP contribution in [0.2, 0.25) is 0 Å². The SMILES string of the molecule is [2H]C1([2H])C([2H])([2H])C([2H])([2H])C([2H])(Sc2nnc(COc3ccc(-c4ccc(S(C)(=O)=O)cc4)c(C)c3)n2-c2cccnc2)C1([2H])[2H]. The van der Waals surface area contributed by atoms with E-state index in [-0.39, 0.29) is 34.2 Å². The fraction of sp³-hybridized carbons (Fsp3) is 0.296. The van der Waals surface area contributed by atoms with Crippen molar-refractivity contribution < 1.29 is 25.5 Å². The molecule has 5 rings (SSSR count). The topological polar surface area (TPSA) is 87.0 Å². The third-order valence-electron chi connectivity index (χ3n) is 5.37. The summed E-state index contributed by atoms with van der Waals surface area (Å²) in [6.07, 6.45) is -9.16. The van der Waals surface area contributed by atoms with Crippen LogP contribution < -0.4 is 4.74 Å². The quantitative estimate of drug-likeness (QED) is 0.291. The van der Waals surface area contributed by atoms with Crippen molar-refractivity contribution in [3.63, 3.8) is 0 Å². The molecule has 0 unspecified atom stereocenters. The van der Waals surface area contributed by atoms with Crippen molar-refractivity contribution in [3.8, 4) is 22.6 Å². The Balaban J connectivity index is 1.46. The smallest absolute Gasteiger partial charge is 0.196 e. The summed E-state index contributed by atoms with van der Waals surface area (Å²) in [6.45, 7) is 1.70. The number of hydrogen-bond acceptors (Lipinski definition) is 7. The number of rotatable bonds is 8. The van der Waals surface area contributed by atoms with Gasteiger partial charge in [-0.2, -0.15) is 0 Å². The van der Waals surface area contributed by atoms with E-state index in [9.17, 15) is 8.42 Å². The van der Waals surface area contributed by atoms with Gasteiger partial charge in [0.2, 0.25) is 0 Å². The van der Waals surface area contributed by atoms with Gasteiger partial charge in [0, 0.05) is 30.0 Å². The molecule has 1 saturated carbocycles. The Morgan fingerprint density at radius 3 is 2.58 bits per heavy atom. The van der Waals surface area contributed by atoms with Crippen molar-refractivity contribution in [2.45, 2.75) is 54.3 Å². The Kier molecular flexibility index (Phi) is 4.59. The lowest BCUT2D eigenvalue weighted by Gasteiger charge is -2.13. The van der Waals surface area contributed by atoms with Crippen LogP contribution >= 0.6 is 11.8 Å². The summed E-state index contributed by atoms with van der Waals surface area (Å²) in [5, 5.41) is 5.01. The van der Waals surface area contributed by atoms with Crippen molar-refractivity contribution in [1.82, 2.24) is 19.7 Å². The van der Waals surface area contributed by atoms with Gasteiger partial charge in [-0.05, 0) is 72.8 Å². The predicted octanol–water partition coefficient (Wildman–Crippen LogP) is 5.65. The van der Waals surface area contributed by atoms with Gasteiger partial charge in [0.15, 0.2) is 20.8 Å². The average molecular weight is 530 g/mol. The van der Waals surface area contributed by atoms with Crippen molar-refractivity contribution in [2.75, 3.05) is 6.26 Å². The van der Waals surface area contributed by atoms with Crippen LogP contribution in [0.4, 0.5) is 0 Å². The van der Waals surface area contributed by atoms with Gasteiger partial charge in [-0.15, -0.1) is 10.2 Å². The molecule has 0 bridgehead atoms. The van der Waals surface area contributed by atoms with Crippen LogP contribution in [0, 0.1) is 6.92 Å². The Hall–Kier alpha value is -3.17. The van der Waals surface area contributed by atoms with E-state index in [1.807, 2.05) is 13.0 Å². The largest absolute Gasteiger partial charge is 0.486 e. The normalized spacial score (nSPS) is 24.4. The molecule has 36 heavy (non-hydrogen) atoms. The molecule has 0 saturated heterocycles. The minimum Gasteiger partial charge on any atom is -0.486 e. The lowest BCUT2D eigenvalue weighted by molar-refractivity contribution is 0.292. The van der Waals surface area contributed by atoms with E-state index in [0.29, 0.717) is 11.4 Å². The fourth-order valence-electron chi connectivity index (χ4n) is 3.63. The van der Waals surface area contributed by atoms with E-state index in [4.69, 9.17) is 17.1 Å². The number of aromatic nitrogens is 4. The minimum absolute atomic E-state index is 0.170. The second kappa shape index (κ2) is 10.4. The van der Waals surface area contributed by atoms with Crippen molar-refractivity contribution >= 4 is 21.6 Å². The van der Waals surface area contributed by atoms with E-state index < -0.39 is 40.6 Å². The second-order valence-electron chi connectivity index (χ2n) is 7.94. The van der Waals surface area contributed by atoms with E-state index >= 15 is 0 Å². The number of sulfone groups is 1. The number of nitrogens with zero attached hydrogens (tertiary/aromatic N) is 4. The highest BCUT2D eigenvalue weighted by molar-refractivity contribution is 7.99. The van der Waals surface area contributed by atoms with Gasteiger partial charge < -0.3 is 4.74 Å². The first-order valence-corrected chi connectivity index (χ1v) is 13.5. The van der Waals surface area contributed by atoms with Crippen molar-refractivity contribution in [3.05, 3.63) is 78.4 Å². The molecule has 2 aromatic heterocycles. The molecule has 0 atom stereocenters. The molecule has 0 radical (unpaired) electrons. The number of aryl methyl sites for hydroxylation is 1. The number of hydrogen-bond donors (Lipinski definition) is 0. The zero-order valence-corrected chi connectivity index (χ0v) is 21.0. The zero-order chi connectivity index (χ0) is 33.2. The maximum absolute atomic E-state index is 11.8. The maximum Gasteiger partial charge on any atom is 0.196 e. The first-order valence-electron chi connectivity index (χ1n) is 15.3. The molecule has 4 aromatic rings. The van der Waals surface area contributed by atoms with Gasteiger partial charge in [-0.25, -0.2) is 8.42 Å². The monoisotopic (exact) mass is 529 g/mol. The molecule has 0 amide bonds. The first-order chi connectivity index (χ1) is 20.8. The molecule has 1 aliphatic rings. The van der Waals surface area contributed by atoms with Crippen LogP contribution in [0.1, 0.15) is 49.2 Å². The molecule has 2 heterocycles. The molecule has 0 N–H and O–H groups in total. The molecule has 7 nitrogen and oxygen atoms in total. The molecule has 186 valence electrons. The average Bonchev–Trinajstić information content (AvgIpc) is 3.39. The van der Waals surface area contributed by atoms with Gasteiger partial charge >= 0.3 is 0 Å². The molecule has 2 aromatic carbocycles. The molecule has 0 spiro atoms. The van der Waals surface area contributed by atoms with Gasteiger partial charge in [0.05, 0.1) is 16.8 Å². The van der Waals surface area contributed by atoms with Crippen LogP contribution in [0.3, 0.4) is 0 Å². The van der Waals surface area contributed by atoms with E-state index in [0.717, 1.165) is 22.9 Å². The second-order valence-corrected chi connectivity index (χ2v) is 10.9. The number of benzene rings is 2. The fourth-order valence-corrected chi connectivity index (χ4v) is 5.04. The summed E-state index contributed by atoms with van der Waals surface area (Å²) in [4.78, 5) is 4.30. The molecule has 1 fully saturated rings. The van der Waals surface area contributed by atoms with Gasteiger partial charge in [0.1, 0.15) is 12.4 Å². The summed E-state index contributed by atoms with van der Waals surface area (Å²) in [5.41, 5.74) is 2.89. The van der Waals surface area contributed by atoms with E-state index in [1.165, 1.54) is 17.0 Å². The molecular weight excluding hydrogens is 492 g/mol. The Morgan fingerprint density at radius 2 is 1.92 bits per heavy atom. The number of pyridine rings is 1. The zero-order valence-electron chi connectivity index (χ0n) is 28.4. The van der Waals surface area contributed by atoms with Gasteiger partial charge in [-0.3, -0.25) is 9.55 Å². The molecular formula is C27H28N4O3S2. The highest BCUT2D eigenvalue weighted by Crippen LogP contribution is 2.35. The standard InChI is InChI=1S/C27H28N4O3S2/c1-19-16-22(11-14-25(19)20-9-12-24(13-10-20)36(2,32)33)34-18-26-29-30-27(35-23-7-3-4-8-23)31(26)21-6-5-15-28-17-21/h5-6,9-17,23H,3-4,7-8,18H2,1-2H3/i3D2,4D2,7D2,8D2,23D. The summed E-state index contributed by atoms with van der Waals surface area (Å²) in [6, 6.07) is 15.1. The van der Waals surface area contributed by atoms with Crippen LogP contribution in [0.5, 0.6) is 5.75 Å². The van der Waals surface area contributed by atoms with Crippen LogP contribution in [-0.2, 0) is 16.4 Å². The lowest BCUT2D eigenvalue weighted by atomic mass is 10.0. The number of ether oxygens (including phenoxy) is 1. The van der Waals surface area contributed by atoms with Crippen molar-refractivity contribution in [1.29, 1.82) is 0 Å². The third kappa shape index (κ3) is 5.47. The summed E-state index contributed by atoms with van der Waals surface area (Å²) in [7, 11) is -3.33. The first kappa shape index (κ1) is 15.8. The van der Waals surface area contributed by atoms with Gasteiger partial charge in [-0.1, -0.05) is 42.7 Å². The summed E-state index contributed by atoms with van der Waals surface area (Å²) < 4.78 is 106. The minimum atomic E-state index is -3.34. The molecule has 0 aliphatic heterocycles. The molecule has 1 aliphatic carbocycles. The van der Waals surface area contributed by atoms with Crippen LogP contribution in [0.25, 0.3) is 16.8 Å².